The van der Waals surface area contributed by atoms with Gasteiger partial charge in [-0.25, -0.2) is 0 Å². The second-order valence-electron chi connectivity index (χ2n) is 22.4. The topological polar surface area (TPSA) is 38.4 Å². The summed E-state index contributed by atoms with van der Waals surface area (Å²) in [6.45, 7) is 28.0. The van der Waals surface area contributed by atoms with Crippen LogP contribution in [0.1, 0.15) is 105 Å². The van der Waals surface area contributed by atoms with Crippen molar-refractivity contribution < 1.29 is 0 Å². The lowest BCUT2D eigenvalue weighted by molar-refractivity contribution is 0.590. The van der Waals surface area contributed by atoms with Crippen molar-refractivity contribution in [3.05, 3.63) is 132 Å². The van der Waals surface area contributed by atoms with E-state index in [-0.39, 0.29) is 28.4 Å². The zero-order valence-electron chi connectivity index (χ0n) is 38.2. The van der Waals surface area contributed by atoms with Crippen LogP contribution in [0.4, 0.5) is 17.1 Å². The predicted molar refractivity (Wildman–Crippen MR) is 265 cm³/mol. The molecule has 0 fully saturated rings. The van der Waals surface area contributed by atoms with Gasteiger partial charge in [0, 0.05) is 61.6 Å². The standard InChI is InChI=1S/C56H54BN5/c1-53(2,3)31-13-17-35(18-14-31)60-43-20-16-33(55(7,8)9)27-40(43)57-41-28-34(56(10,11)12)26-39-38-25-32(54(4,5)6)15-19-42(38)62(49(39)41)52-47-37-22-24-59-30-45(37)61-44-29-58-23-21-36(44)46(50(47)61)51(60)48(52)57/h13-30H,1-12H3. The smallest absolute Gasteiger partial charge is 0.252 e. The van der Waals surface area contributed by atoms with Gasteiger partial charge in [0.2, 0.25) is 0 Å². The highest BCUT2D eigenvalue weighted by atomic mass is 15.2. The second kappa shape index (κ2) is 11.9. The van der Waals surface area contributed by atoms with Gasteiger partial charge in [0.15, 0.2) is 0 Å². The summed E-state index contributed by atoms with van der Waals surface area (Å²) < 4.78 is 5.14. The van der Waals surface area contributed by atoms with Crippen LogP contribution >= 0.6 is 0 Å². The number of rotatable bonds is 1. The molecule has 5 nitrogen and oxygen atoms in total. The van der Waals surface area contributed by atoms with Crippen LogP contribution in [0.5, 0.6) is 0 Å². The predicted octanol–water partition coefficient (Wildman–Crippen LogP) is 12.5. The normalized spacial score (nSPS) is 14.4. The van der Waals surface area contributed by atoms with Gasteiger partial charge in [0.05, 0.1) is 45.8 Å². The number of benzene rings is 5. The van der Waals surface area contributed by atoms with Gasteiger partial charge in [-0.3, -0.25) is 9.97 Å². The Balaban J connectivity index is 1.38. The molecule has 0 aliphatic carbocycles. The van der Waals surface area contributed by atoms with E-state index in [9.17, 15) is 0 Å². The SMILES string of the molecule is CC(C)(C)c1ccc(N2c3ccc(C(C)(C)C)cc3B3c4c2c2c5ccncc5n5c6cnccc6c(c4-n4c6ccc(C(C)(C)C)cc6c6cc(C(C)(C)C)cc3c64)c25)cc1. The summed E-state index contributed by atoms with van der Waals surface area (Å²) in [7, 11) is 0. The van der Waals surface area contributed by atoms with Crippen molar-refractivity contribution in [1.82, 2.24) is 18.9 Å². The van der Waals surface area contributed by atoms with Crippen molar-refractivity contribution in [3.8, 4) is 5.69 Å². The molecule has 0 unspecified atom stereocenters. The maximum atomic E-state index is 4.77. The van der Waals surface area contributed by atoms with E-state index in [4.69, 9.17) is 9.97 Å². The largest absolute Gasteiger partial charge is 0.311 e. The van der Waals surface area contributed by atoms with Crippen molar-refractivity contribution in [2.24, 2.45) is 0 Å². The lowest BCUT2D eigenvalue weighted by atomic mass is 9.33. The fraction of sp³-hybridized carbons (Fsp3) is 0.286. The molecule has 5 aromatic heterocycles. The maximum Gasteiger partial charge on any atom is 0.252 e. The minimum atomic E-state index is -0.0696. The number of aromatic nitrogens is 4. The van der Waals surface area contributed by atoms with E-state index in [2.05, 4.69) is 194 Å². The average Bonchev–Trinajstić information content (AvgIpc) is 3.86. The fourth-order valence-electron chi connectivity index (χ4n) is 11.1. The number of hydrogen-bond donors (Lipinski definition) is 0. The van der Waals surface area contributed by atoms with Crippen molar-refractivity contribution in [3.63, 3.8) is 0 Å². The lowest BCUT2D eigenvalue weighted by Gasteiger charge is -2.42. The molecule has 0 atom stereocenters. The van der Waals surface area contributed by atoms with Crippen LogP contribution in [-0.4, -0.2) is 25.6 Å². The van der Waals surface area contributed by atoms with E-state index in [1.54, 1.807) is 0 Å². The molecule has 12 rings (SSSR count). The van der Waals surface area contributed by atoms with Crippen LogP contribution < -0.4 is 21.3 Å². The molecule has 6 heteroatoms. The third kappa shape index (κ3) is 4.87. The van der Waals surface area contributed by atoms with E-state index in [1.165, 1.54) is 105 Å². The summed E-state index contributed by atoms with van der Waals surface area (Å²) in [5.74, 6) is 0. The molecule has 306 valence electrons. The Morgan fingerprint density at radius 1 is 0.452 bits per heavy atom. The van der Waals surface area contributed by atoms with Gasteiger partial charge in [0.1, 0.15) is 0 Å². The molecule has 7 heterocycles. The molecule has 0 saturated carbocycles. The highest BCUT2D eigenvalue weighted by Gasteiger charge is 2.46. The number of hydrogen-bond acceptors (Lipinski definition) is 3. The molecule has 5 aromatic carbocycles. The summed E-state index contributed by atoms with van der Waals surface area (Å²) in [5, 5.41) is 7.62. The summed E-state index contributed by atoms with van der Waals surface area (Å²) in [6.07, 6.45) is 8.06. The van der Waals surface area contributed by atoms with Crippen LogP contribution in [0.15, 0.2) is 110 Å². The van der Waals surface area contributed by atoms with E-state index in [1.807, 2.05) is 12.4 Å². The molecule has 10 aromatic rings. The molecule has 0 N–H and O–H groups in total. The molecular weight excluding hydrogens is 753 g/mol. The Morgan fingerprint density at radius 3 is 1.60 bits per heavy atom. The first-order valence-corrected chi connectivity index (χ1v) is 22.4. The number of anilines is 3. The van der Waals surface area contributed by atoms with Crippen LogP contribution in [-0.2, 0) is 21.7 Å². The van der Waals surface area contributed by atoms with E-state index < -0.39 is 0 Å². The fourth-order valence-corrected chi connectivity index (χ4v) is 11.1. The third-order valence-electron chi connectivity index (χ3n) is 14.4. The molecular formula is C56H54BN5. The molecule has 0 radical (unpaired) electrons. The monoisotopic (exact) mass is 807 g/mol. The summed E-state index contributed by atoms with van der Waals surface area (Å²) >= 11 is 0. The van der Waals surface area contributed by atoms with Gasteiger partial charge in [-0.1, -0.05) is 119 Å². The number of pyridine rings is 2. The Kier molecular flexibility index (Phi) is 7.19. The van der Waals surface area contributed by atoms with Crippen molar-refractivity contribution in [2.45, 2.75) is 105 Å². The molecule has 62 heavy (non-hydrogen) atoms. The minimum absolute atomic E-state index is 0.00369. The van der Waals surface area contributed by atoms with Crippen LogP contribution in [0.2, 0.25) is 0 Å². The van der Waals surface area contributed by atoms with E-state index in [0.29, 0.717) is 0 Å². The van der Waals surface area contributed by atoms with Gasteiger partial charge >= 0.3 is 0 Å². The molecule has 0 saturated heterocycles. The Bertz CT molecular complexity index is 3560. The van der Waals surface area contributed by atoms with Crippen molar-refractivity contribution in [2.75, 3.05) is 4.90 Å². The average molecular weight is 808 g/mol. The maximum absolute atomic E-state index is 4.77. The first-order valence-electron chi connectivity index (χ1n) is 22.4. The van der Waals surface area contributed by atoms with Crippen molar-refractivity contribution >= 4 is 100 Å². The zero-order valence-corrected chi connectivity index (χ0v) is 38.2. The molecule has 0 spiro atoms. The summed E-state index contributed by atoms with van der Waals surface area (Å²) in [5.41, 5.74) is 20.3. The van der Waals surface area contributed by atoms with Gasteiger partial charge in [0.25, 0.3) is 6.71 Å². The zero-order chi connectivity index (χ0) is 43.2. The Labute approximate surface area is 364 Å². The van der Waals surface area contributed by atoms with Gasteiger partial charge < -0.3 is 13.9 Å². The second-order valence-corrected chi connectivity index (χ2v) is 22.4. The molecule has 2 aliphatic rings. The first kappa shape index (κ1) is 37.6. The van der Waals surface area contributed by atoms with E-state index >= 15 is 0 Å². The first-order chi connectivity index (χ1) is 29.3. The number of nitrogens with zero attached hydrogens (tertiary/aromatic N) is 5. The molecule has 0 bridgehead atoms. The highest BCUT2D eigenvalue weighted by Crippen LogP contribution is 2.52. The van der Waals surface area contributed by atoms with Crippen LogP contribution in [0.3, 0.4) is 0 Å². The summed E-state index contributed by atoms with van der Waals surface area (Å²) in [6, 6.07) is 33.7. The summed E-state index contributed by atoms with van der Waals surface area (Å²) in [4.78, 5) is 12.2. The highest BCUT2D eigenvalue weighted by molar-refractivity contribution is 7.01. The Morgan fingerprint density at radius 2 is 0.984 bits per heavy atom. The quantitative estimate of drug-likeness (QED) is 0.155. The number of fused-ring (bicyclic) bond motifs is 15. The van der Waals surface area contributed by atoms with Gasteiger partial charge in [-0.15, -0.1) is 0 Å². The third-order valence-corrected chi connectivity index (χ3v) is 14.4. The van der Waals surface area contributed by atoms with Gasteiger partial charge in [-0.05, 0) is 109 Å². The van der Waals surface area contributed by atoms with Crippen LogP contribution in [0, 0.1) is 0 Å². The molecule has 0 amide bonds. The lowest BCUT2D eigenvalue weighted by Crippen LogP contribution is -2.61. The van der Waals surface area contributed by atoms with Crippen LogP contribution in [0.25, 0.3) is 65.6 Å². The minimum Gasteiger partial charge on any atom is -0.311 e. The van der Waals surface area contributed by atoms with E-state index in [0.717, 1.165) is 16.7 Å². The van der Waals surface area contributed by atoms with Crippen molar-refractivity contribution in [1.29, 1.82) is 0 Å². The Hall–Kier alpha value is -6.14. The van der Waals surface area contributed by atoms with Gasteiger partial charge in [-0.2, -0.15) is 0 Å². The molecule has 2 aliphatic heterocycles.